The molecule has 1 aliphatic rings. The van der Waals surface area contributed by atoms with Gasteiger partial charge in [0, 0.05) is 55.5 Å². The van der Waals surface area contributed by atoms with E-state index in [0.717, 1.165) is 27.5 Å². The largest absolute Gasteiger partial charge is 0.312 e. The average Bonchev–Trinajstić information content (AvgIpc) is 3.35. The monoisotopic (exact) mass is 428 g/mol. The van der Waals surface area contributed by atoms with Crippen LogP contribution >= 0.6 is 11.3 Å². The third-order valence-electron chi connectivity index (χ3n) is 4.79. The van der Waals surface area contributed by atoms with Gasteiger partial charge in [0.2, 0.25) is 15.9 Å². The van der Waals surface area contributed by atoms with Crippen LogP contribution in [0.2, 0.25) is 0 Å². The van der Waals surface area contributed by atoms with E-state index in [4.69, 9.17) is 0 Å². The molecule has 9 heteroatoms. The Kier molecular flexibility index (Phi) is 5.44. The second-order valence-corrected chi connectivity index (χ2v) is 9.36. The number of anilines is 1. The number of hydrogen-bond donors (Lipinski definition) is 1. The lowest BCUT2D eigenvalue weighted by Crippen LogP contribution is -2.26. The topological polar surface area (TPSA) is 92.3 Å². The second kappa shape index (κ2) is 8.02. The zero-order valence-electron chi connectivity index (χ0n) is 15.8. The van der Waals surface area contributed by atoms with Crippen molar-refractivity contribution < 1.29 is 13.2 Å². The van der Waals surface area contributed by atoms with Gasteiger partial charge in [-0.2, -0.15) is 0 Å². The number of pyridine rings is 1. The Morgan fingerprint density at radius 1 is 1.24 bits per heavy atom. The predicted octanol–water partition coefficient (Wildman–Crippen LogP) is 2.64. The zero-order chi connectivity index (χ0) is 20.4. The number of sulfonamides is 1. The van der Waals surface area contributed by atoms with Crippen LogP contribution in [0.4, 0.5) is 5.69 Å². The maximum atomic E-state index is 12.6. The first kappa shape index (κ1) is 19.7. The molecule has 0 fully saturated rings. The van der Waals surface area contributed by atoms with Gasteiger partial charge in [-0.3, -0.25) is 9.78 Å². The summed E-state index contributed by atoms with van der Waals surface area (Å²) in [5.41, 5.74) is 3.51. The highest BCUT2D eigenvalue weighted by Crippen LogP contribution is 2.30. The maximum absolute atomic E-state index is 12.6. The van der Waals surface area contributed by atoms with Crippen LogP contribution in [0.15, 0.2) is 53.0 Å². The number of aromatic nitrogens is 2. The molecule has 1 amide bonds. The van der Waals surface area contributed by atoms with Crippen molar-refractivity contribution in [3.63, 3.8) is 0 Å². The molecule has 3 aromatic rings. The Balaban J connectivity index is 1.40. The molecule has 0 spiro atoms. The molecule has 0 saturated carbocycles. The van der Waals surface area contributed by atoms with Gasteiger partial charge >= 0.3 is 0 Å². The van der Waals surface area contributed by atoms with Crippen LogP contribution in [0, 0.1) is 0 Å². The molecule has 0 aliphatic carbocycles. The van der Waals surface area contributed by atoms with Gasteiger partial charge < -0.3 is 4.90 Å². The Labute approximate surface area is 173 Å². The highest BCUT2D eigenvalue weighted by atomic mass is 32.2. The summed E-state index contributed by atoms with van der Waals surface area (Å²) in [6.45, 7) is 2.36. The fourth-order valence-corrected chi connectivity index (χ4v) is 5.26. The lowest BCUT2D eigenvalue weighted by atomic mass is 10.2. The minimum atomic E-state index is -3.62. The third-order valence-corrected chi connectivity index (χ3v) is 7.19. The van der Waals surface area contributed by atoms with E-state index in [0.29, 0.717) is 19.4 Å². The van der Waals surface area contributed by atoms with E-state index in [1.54, 1.807) is 35.5 Å². The first-order chi connectivity index (χ1) is 13.9. The van der Waals surface area contributed by atoms with Gasteiger partial charge in [-0.1, -0.05) is 0 Å². The molecule has 150 valence electrons. The molecule has 3 heterocycles. The molecular weight excluding hydrogens is 408 g/mol. The van der Waals surface area contributed by atoms with E-state index >= 15 is 0 Å². The molecule has 0 atom stereocenters. The second-order valence-electron chi connectivity index (χ2n) is 6.74. The molecule has 1 aromatic carbocycles. The fraction of sp³-hybridized carbons (Fsp3) is 0.250. The molecule has 0 radical (unpaired) electrons. The molecular formula is C20H20N4O3S2. The standard InChI is InChI=1S/C20H20N4O3S2/c1-14(25)24-11-7-16-12-18(2-3-19(16)24)29(26,27)22-10-6-17-13-28-20(23-17)15-4-8-21-9-5-15/h2-5,8-9,12-13,22H,6-7,10-11H2,1H3. The van der Waals surface area contributed by atoms with E-state index in [-0.39, 0.29) is 17.3 Å². The smallest absolute Gasteiger partial charge is 0.240 e. The summed E-state index contributed by atoms with van der Waals surface area (Å²) in [5.74, 6) is -0.0353. The predicted molar refractivity (Wildman–Crippen MR) is 112 cm³/mol. The SMILES string of the molecule is CC(=O)N1CCc2cc(S(=O)(=O)NCCc3csc(-c4ccncc4)n3)ccc21. The molecule has 1 aliphatic heterocycles. The van der Waals surface area contributed by atoms with Crippen LogP contribution in [-0.2, 0) is 27.7 Å². The van der Waals surface area contributed by atoms with Gasteiger partial charge in [-0.25, -0.2) is 18.1 Å². The lowest BCUT2D eigenvalue weighted by Gasteiger charge is -2.15. The fourth-order valence-electron chi connectivity index (χ4n) is 3.32. The summed E-state index contributed by atoms with van der Waals surface area (Å²) in [6.07, 6.45) is 4.60. The molecule has 0 unspecified atom stereocenters. The van der Waals surface area contributed by atoms with Crippen molar-refractivity contribution in [2.75, 3.05) is 18.0 Å². The number of nitrogens with zero attached hydrogens (tertiary/aromatic N) is 3. The summed E-state index contributed by atoms with van der Waals surface area (Å²) in [5, 5.41) is 2.83. The van der Waals surface area contributed by atoms with Crippen molar-refractivity contribution in [3.05, 3.63) is 59.4 Å². The minimum absolute atomic E-state index is 0.0353. The van der Waals surface area contributed by atoms with E-state index in [1.807, 2.05) is 17.5 Å². The molecule has 0 saturated heterocycles. The number of amides is 1. The van der Waals surface area contributed by atoms with E-state index < -0.39 is 10.0 Å². The number of carbonyl (C=O) groups excluding carboxylic acids is 1. The summed E-state index contributed by atoms with van der Waals surface area (Å²) < 4.78 is 27.9. The Morgan fingerprint density at radius 2 is 2.03 bits per heavy atom. The molecule has 4 rings (SSSR count). The van der Waals surface area contributed by atoms with Crippen LogP contribution in [0.25, 0.3) is 10.6 Å². The summed E-state index contributed by atoms with van der Waals surface area (Å²) in [4.78, 5) is 22.1. The molecule has 1 N–H and O–H groups in total. The van der Waals surface area contributed by atoms with Gasteiger partial charge in [0.25, 0.3) is 0 Å². The first-order valence-electron chi connectivity index (χ1n) is 9.19. The van der Waals surface area contributed by atoms with Gasteiger partial charge in [0.05, 0.1) is 10.6 Å². The summed E-state index contributed by atoms with van der Waals surface area (Å²) >= 11 is 1.52. The van der Waals surface area contributed by atoms with Crippen LogP contribution in [0.5, 0.6) is 0 Å². The molecule has 29 heavy (non-hydrogen) atoms. The quantitative estimate of drug-likeness (QED) is 0.652. The first-order valence-corrected chi connectivity index (χ1v) is 11.6. The zero-order valence-corrected chi connectivity index (χ0v) is 17.5. The normalized spacial score (nSPS) is 13.5. The van der Waals surface area contributed by atoms with E-state index in [2.05, 4.69) is 14.7 Å². The Morgan fingerprint density at radius 3 is 2.79 bits per heavy atom. The van der Waals surface area contributed by atoms with E-state index in [1.165, 1.54) is 18.3 Å². The number of hydrogen-bond acceptors (Lipinski definition) is 6. The van der Waals surface area contributed by atoms with Crippen LogP contribution < -0.4 is 9.62 Å². The highest BCUT2D eigenvalue weighted by molar-refractivity contribution is 7.89. The molecule has 0 bridgehead atoms. The Bertz CT molecular complexity index is 1140. The van der Waals surface area contributed by atoms with E-state index in [9.17, 15) is 13.2 Å². The van der Waals surface area contributed by atoms with Crippen molar-refractivity contribution in [1.82, 2.24) is 14.7 Å². The van der Waals surface area contributed by atoms with Crippen LogP contribution in [0.1, 0.15) is 18.2 Å². The van der Waals surface area contributed by atoms with Gasteiger partial charge in [0.15, 0.2) is 0 Å². The summed E-state index contributed by atoms with van der Waals surface area (Å²) in [7, 11) is -3.62. The van der Waals surface area contributed by atoms with Crippen molar-refractivity contribution in [2.24, 2.45) is 0 Å². The molecule has 2 aromatic heterocycles. The van der Waals surface area contributed by atoms with Crippen molar-refractivity contribution in [2.45, 2.75) is 24.7 Å². The maximum Gasteiger partial charge on any atom is 0.240 e. The van der Waals surface area contributed by atoms with Crippen molar-refractivity contribution in [1.29, 1.82) is 0 Å². The Hall–Kier alpha value is -2.62. The van der Waals surface area contributed by atoms with Gasteiger partial charge in [-0.05, 0) is 42.3 Å². The van der Waals surface area contributed by atoms with Crippen LogP contribution in [-0.4, -0.2) is 37.4 Å². The highest BCUT2D eigenvalue weighted by Gasteiger charge is 2.24. The number of thiazole rings is 1. The summed E-state index contributed by atoms with van der Waals surface area (Å²) in [6, 6.07) is 8.70. The van der Waals surface area contributed by atoms with Crippen molar-refractivity contribution in [3.8, 4) is 10.6 Å². The number of fused-ring (bicyclic) bond motifs is 1. The third kappa shape index (κ3) is 4.21. The van der Waals surface area contributed by atoms with Crippen LogP contribution in [0.3, 0.4) is 0 Å². The van der Waals surface area contributed by atoms with Gasteiger partial charge in [0.1, 0.15) is 5.01 Å². The average molecular weight is 429 g/mol. The molecule has 7 nitrogen and oxygen atoms in total. The number of rotatable bonds is 6. The lowest BCUT2D eigenvalue weighted by molar-refractivity contribution is -0.116. The van der Waals surface area contributed by atoms with Crippen molar-refractivity contribution >= 4 is 33.0 Å². The minimum Gasteiger partial charge on any atom is -0.312 e. The number of benzene rings is 1. The number of nitrogens with one attached hydrogen (secondary N) is 1. The van der Waals surface area contributed by atoms with Gasteiger partial charge in [-0.15, -0.1) is 11.3 Å². The number of carbonyl (C=O) groups is 1.